The Morgan fingerprint density at radius 3 is 2.00 bits per heavy atom. The van der Waals surface area contributed by atoms with Gasteiger partial charge in [0.1, 0.15) is 0 Å². The number of hydrogen-bond donors (Lipinski definition) is 0. The molecule has 0 amide bonds. The van der Waals surface area contributed by atoms with Gasteiger partial charge in [0, 0.05) is 39.1 Å². The first-order valence-electron chi connectivity index (χ1n) is 5.44. The molecule has 6 heteroatoms. The van der Waals surface area contributed by atoms with Crippen LogP contribution >= 0.6 is 20.5 Å². The molecule has 0 N–H and O–H groups in total. The van der Waals surface area contributed by atoms with Crippen molar-refractivity contribution >= 4 is 38.0 Å². The molecule has 0 aliphatic heterocycles. The van der Waals surface area contributed by atoms with Crippen LogP contribution in [0.3, 0.4) is 0 Å². The average Bonchev–Trinajstić information content (AvgIpc) is 2.31. The molecule has 0 aromatic heterocycles. The minimum Gasteiger partial charge on any atom is -0.347 e. The molecule has 0 saturated heterocycles. The molecule has 0 aliphatic rings. The van der Waals surface area contributed by atoms with Gasteiger partial charge in [-0.2, -0.15) is 0 Å². The second-order valence-electron chi connectivity index (χ2n) is 4.14. The maximum absolute atomic E-state index is 5.87. The summed E-state index contributed by atoms with van der Waals surface area (Å²) in [6.45, 7) is 0. The van der Waals surface area contributed by atoms with Crippen LogP contribution in [0.25, 0.3) is 0 Å². The lowest BCUT2D eigenvalue weighted by molar-refractivity contribution is 0.480. The second-order valence-corrected chi connectivity index (χ2v) is 4.83. The van der Waals surface area contributed by atoms with Gasteiger partial charge in [0.2, 0.25) is 5.96 Å². The number of halogens is 1. The summed E-state index contributed by atoms with van der Waals surface area (Å²) in [6.07, 6.45) is 0. The summed E-state index contributed by atoms with van der Waals surface area (Å²) in [4.78, 5) is 3.89. The lowest BCUT2D eigenvalue weighted by atomic mass is 10.3. The van der Waals surface area contributed by atoms with Gasteiger partial charge < -0.3 is 9.80 Å². The van der Waals surface area contributed by atoms with Gasteiger partial charge in [-0.15, -0.1) is 14.0 Å². The van der Waals surface area contributed by atoms with Crippen LogP contribution in [0.1, 0.15) is 0 Å². The Bertz CT molecular complexity index is 418. The molecule has 0 radical (unpaired) electrons. The van der Waals surface area contributed by atoms with Crippen LogP contribution in [0.4, 0.5) is 5.69 Å². The molecule has 0 atom stereocenters. The van der Waals surface area contributed by atoms with E-state index in [1.807, 2.05) is 62.3 Å². The van der Waals surface area contributed by atoms with Crippen LogP contribution in [-0.4, -0.2) is 49.9 Å². The fraction of sp³-hybridized carbons (Fsp3) is 0.333. The lowest BCUT2D eigenvalue weighted by Gasteiger charge is -2.25. The summed E-state index contributed by atoms with van der Waals surface area (Å²) in [7, 11) is 11.2. The zero-order valence-electron chi connectivity index (χ0n) is 11.1. The molecule has 0 spiro atoms. The van der Waals surface area contributed by atoms with Crippen LogP contribution in [-0.2, 0) is 0 Å². The third-order valence-electron chi connectivity index (χ3n) is 2.21. The predicted octanol–water partition coefficient (Wildman–Crippen LogP) is 2.44. The SMILES string of the molecule is CN(C)C(=NN(C=P)c1ccc(Cl)cc1)N(C)C. The number of nitrogens with zero attached hydrogens (tertiary/aromatic N) is 4. The van der Waals surface area contributed by atoms with Crippen molar-refractivity contribution in [3.05, 3.63) is 29.3 Å². The zero-order valence-corrected chi connectivity index (χ0v) is 12.8. The summed E-state index contributed by atoms with van der Waals surface area (Å²) < 4.78 is 0. The monoisotopic (exact) mass is 284 g/mol. The van der Waals surface area contributed by atoms with Crippen LogP contribution in [0.5, 0.6) is 0 Å². The quantitative estimate of drug-likeness (QED) is 0.368. The molecule has 1 aromatic rings. The molecule has 98 valence electrons. The highest BCUT2D eigenvalue weighted by Gasteiger charge is 2.08. The van der Waals surface area contributed by atoms with Crippen molar-refractivity contribution < 1.29 is 0 Å². The summed E-state index contributed by atoms with van der Waals surface area (Å²) in [5, 5.41) is 6.99. The van der Waals surface area contributed by atoms with E-state index < -0.39 is 0 Å². The number of hydrogen-bond acceptors (Lipinski definition) is 1. The number of benzene rings is 1. The fourth-order valence-electron chi connectivity index (χ4n) is 1.43. The van der Waals surface area contributed by atoms with Crippen molar-refractivity contribution in [3.8, 4) is 0 Å². The molecule has 0 aliphatic carbocycles. The van der Waals surface area contributed by atoms with Crippen molar-refractivity contribution in [2.45, 2.75) is 0 Å². The first-order chi connectivity index (χ1) is 8.45. The van der Waals surface area contributed by atoms with Gasteiger partial charge in [-0.05, 0) is 24.3 Å². The Kier molecular flexibility index (Phi) is 5.45. The van der Waals surface area contributed by atoms with Crippen LogP contribution in [0.2, 0.25) is 5.02 Å². The average molecular weight is 285 g/mol. The number of rotatable bonds is 3. The van der Waals surface area contributed by atoms with Crippen molar-refractivity contribution in [3.63, 3.8) is 0 Å². The smallest absolute Gasteiger partial charge is 0.218 e. The third-order valence-corrected chi connectivity index (χ3v) is 2.71. The molecule has 1 rings (SSSR count). The van der Waals surface area contributed by atoms with Gasteiger partial charge in [0.05, 0.1) is 5.69 Å². The maximum atomic E-state index is 5.87. The molecule has 0 saturated carbocycles. The lowest BCUT2D eigenvalue weighted by Crippen LogP contribution is -2.37. The second kappa shape index (κ2) is 6.62. The highest BCUT2D eigenvalue weighted by molar-refractivity contribution is 7.18. The molecule has 1 aromatic carbocycles. The molecular weight excluding hydrogens is 267 g/mol. The predicted molar refractivity (Wildman–Crippen MR) is 83.1 cm³/mol. The minimum atomic E-state index is 0.706. The Labute approximate surface area is 116 Å². The zero-order chi connectivity index (χ0) is 13.7. The topological polar surface area (TPSA) is 22.1 Å². The molecule has 18 heavy (non-hydrogen) atoms. The van der Waals surface area contributed by atoms with E-state index in [1.165, 1.54) is 0 Å². The van der Waals surface area contributed by atoms with Crippen molar-refractivity contribution in [1.82, 2.24) is 9.80 Å². The number of hydrazone groups is 1. The van der Waals surface area contributed by atoms with Gasteiger partial charge in [-0.25, -0.2) is 5.01 Å². The summed E-state index contributed by atoms with van der Waals surface area (Å²) in [5.41, 5.74) is 0.926. The van der Waals surface area contributed by atoms with Crippen molar-refractivity contribution in [1.29, 1.82) is 0 Å². The molecule has 0 unspecified atom stereocenters. The maximum Gasteiger partial charge on any atom is 0.218 e. The van der Waals surface area contributed by atoms with Crippen LogP contribution < -0.4 is 5.01 Å². The van der Waals surface area contributed by atoms with E-state index in [9.17, 15) is 0 Å². The minimum absolute atomic E-state index is 0.706. The van der Waals surface area contributed by atoms with Crippen molar-refractivity contribution in [2.24, 2.45) is 5.10 Å². The van der Waals surface area contributed by atoms with E-state index in [0.717, 1.165) is 11.6 Å². The number of guanidine groups is 1. The summed E-state index contributed by atoms with van der Waals surface area (Å²) in [5.74, 6) is 2.55. The van der Waals surface area contributed by atoms with E-state index in [1.54, 1.807) is 10.9 Å². The van der Waals surface area contributed by atoms with Crippen LogP contribution in [0, 0.1) is 0 Å². The van der Waals surface area contributed by atoms with E-state index in [4.69, 9.17) is 11.6 Å². The Hall–Kier alpha value is -1.25. The summed E-state index contributed by atoms with van der Waals surface area (Å²) >= 11 is 5.87. The van der Waals surface area contributed by atoms with Gasteiger partial charge in [-0.3, -0.25) is 0 Å². The Morgan fingerprint density at radius 2 is 1.61 bits per heavy atom. The Balaban J connectivity index is 3.06. The molecular formula is C12H18ClN4P. The first-order valence-corrected chi connectivity index (χ1v) is 6.40. The Morgan fingerprint density at radius 1 is 1.11 bits per heavy atom. The van der Waals surface area contributed by atoms with Gasteiger partial charge in [-0.1, -0.05) is 11.6 Å². The van der Waals surface area contributed by atoms with Crippen LogP contribution in [0.15, 0.2) is 29.4 Å². The fourth-order valence-corrected chi connectivity index (χ4v) is 1.76. The standard InChI is InChI=1S/C12H18ClN4P/c1-15(2)12(16(3)4)14-17(9-18)11-7-5-10(13)6-8-11/h5-9,18H,1-4H3. The molecule has 0 fully saturated rings. The third kappa shape index (κ3) is 3.90. The summed E-state index contributed by atoms with van der Waals surface area (Å²) in [6, 6.07) is 7.48. The highest BCUT2D eigenvalue weighted by Crippen LogP contribution is 2.17. The largest absolute Gasteiger partial charge is 0.347 e. The first kappa shape index (κ1) is 14.8. The van der Waals surface area contributed by atoms with Gasteiger partial charge >= 0.3 is 0 Å². The van der Waals surface area contributed by atoms with Gasteiger partial charge in [0.15, 0.2) is 0 Å². The number of anilines is 1. The van der Waals surface area contributed by atoms with E-state index in [2.05, 4.69) is 14.0 Å². The van der Waals surface area contributed by atoms with Gasteiger partial charge in [0.25, 0.3) is 0 Å². The van der Waals surface area contributed by atoms with E-state index >= 15 is 0 Å². The molecule has 0 bridgehead atoms. The molecule has 4 nitrogen and oxygen atoms in total. The normalized spacial score (nSPS) is 9.61. The van der Waals surface area contributed by atoms with Crippen molar-refractivity contribution in [2.75, 3.05) is 33.2 Å². The molecule has 0 heterocycles. The van der Waals surface area contributed by atoms with E-state index in [0.29, 0.717) is 5.02 Å². The van der Waals surface area contributed by atoms with E-state index in [-0.39, 0.29) is 0 Å². The highest BCUT2D eigenvalue weighted by atomic mass is 35.5.